The van der Waals surface area contributed by atoms with Crippen molar-refractivity contribution in [3.8, 4) is 0 Å². The number of hydrogen-bond acceptors (Lipinski definition) is 4. The van der Waals surface area contributed by atoms with E-state index in [1.165, 1.54) is 19.3 Å². The smallest absolute Gasteiger partial charge is 0.0897 e. The Hall–Kier alpha value is -0.160. The third-order valence-corrected chi connectivity index (χ3v) is 3.27. The normalized spacial score (nSPS) is 20.4. The molecule has 4 nitrogen and oxygen atoms in total. The van der Waals surface area contributed by atoms with Gasteiger partial charge in [0.25, 0.3) is 0 Å². The number of aliphatic hydroxyl groups excluding tert-OH is 1. The molecule has 1 fully saturated rings. The molecule has 16 heavy (non-hydrogen) atoms. The molecule has 0 saturated heterocycles. The van der Waals surface area contributed by atoms with Crippen LogP contribution in [0.1, 0.15) is 26.2 Å². The second-order valence-corrected chi connectivity index (χ2v) is 4.61. The predicted molar refractivity (Wildman–Crippen MR) is 63.5 cm³/mol. The van der Waals surface area contributed by atoms with E-state index in [2.05, 4.69) is 12.2 Å². The van der Waals surface area contributed by atoms with Crippen LogP contribution in [0.25, 0.3) is 0 Å². The number of rotatable bonds is 9. The molecule has 0 aromatic heterocycles. The average Bonchev–Trinajstić information content (AvgIpc) is 2.19. The minimum absolute atomic E-state index is 0.383. The van der Waals surface area contributed by atoms with Gasteiger partial charge in [-0.15, -0.1) is 0 Å². The van der Waals surface area contributed by atoms with E-state index < -0.39 is 6.10 Å². The average molecular weight is 231 g/mol. The van der Waals surface area contributed by atoms with E-state index in [1.807, 2.05) is 0 Å². The molecule has 0 bridgehead atoms. The molecular weight excluding hydrogens is 206 g/mol. The molecular formula is C12H25NO3. The lowest BCUT2D eigenvalue weighted by atomic mass is 9.80. The van der Waals surface area contributed by atoms with Gasteiger partial charge in [0.1, 0.15) is 0 Å². The molecule has 1 rings (SSSR count). The van der Waals surface area contributed by atoms with Crippen LogP contribution in [-0.4, -0.2) is 50.7 Å². The van der Waals surface area contributed by atoms with Gasteiger partial charge in [-0.1, -0.05) is 6.42 Å². The van der Waals surface area contributed by atoms with Crippen molar-refractivity contribution < 1.29 is 14.6 Å². The lowest BCUT2D eigenvalue weighted by Gasteiger charge is -2.32. The fraction of sp³-hybridized carbons (Fsp3) is 1.00. The van der Waals surface area contributed by atoms with Gasteiger partial charge >= 0.3 is 0 Å². The summed E-state index contributed by atoms with van der Waals surface area (Å²) in [5.41, 5.74) is 0. The van der Waals surface area contributed by atoms with Crippen molar-refractivity contribution in [2.24, 2.45) is 5.92 Å². The lowest BCUT2D eigenvalue weighted by molar-refractivity contribution is 0.0118. The number of nitrogens with one attached hydrogen (secondary N) is 1. The zero-order chi connectivity index (χ0) is 11.8. The number of hydrogen-bond donors (Lipinski definition) is 2. The molecule has 0 amide bonds. The summed E-state index contributed by atoms with van der Waals surface area (Å²) in [5, 5.41) is 13.0. The van der Waals surface area contributed by atoms with Crippen LogP contribution in [0.15, 0.2) is 0 Å². The van der Waals surface area contributed by atoms with Gasteiger partial charge in [-0.25, -0.2) is 0 Å². The third-order valence-electron chi connectivity index (χ3n) is 3.27. The molecule has 2 atom stereocenters. The molecule has 0 radical (unpaired) electrons. The highest BCUT2D eigenvalue weighted by atomic mass is 16.5. The van der Waals surface area contributed by atoms with E-state index in [0.29, 0.717) is 32.4 Å². The van der Waals surface area contributed by atoms with Crippen LogP contribution in [0.2, 0.25) is 0 Å². The van der Waals surface area contributed by atoms with Crippen molar-refractivity contribution in [3.05, 3.63) is 0 Å². The Morgan fingerprint density at radius 2 is 2.12 bits per heavy atom. The predicted octanol–water partition coefficient (Wildman–Crippen LogP) is 0.788. The van der Waals surface area contributed by atoms with Gasteiger partial charge in [-0.2, -0.15) is 0 Å². The van der Waals surface area contributed by atoms with Gasteiger partial charge in [0, 0.05) is 19.7 Å². The highest BCUT2D eigenvalue weighted by Crippen LogP contribution is 2.29. The Kier molecular flexibility index (Phi) is 6.96. The highest BCUT2D eigenvalue weighted by Gasteiger charge is 2.23. The standard InChI is InChI=1S/C12H25NO3/c1-10(11-4-3-5-11)13-8-12(14)9-16-7-6-15-2/h10-14H,3-9H2,1-2H3. The van der Waals surface area contributed by atoms with E-state index in [0.717, 1.165) is 5.92 Å². The van der Waals surface area contributed by atoms with Gasteiger partial charge in [-0.3, -0.25) is 0 Å². The second-order valence-electron chi connectivity index (χ2n) is 4.61. The van der Waals surface area contributed by atoms with Gasteiger partial charge in [0.2, 0.25) is 0 Å². The zero-order valence-corrected chi connectivity index (χ0v) is 10.4. The van der Waals surface area contributed by atoms with Gasteiger partial charge in [0.05, 0.1) is 25.9 Å². The van der Waals surface area contributed by atoms with Crippen LogP contribution in [0.4, 0.5) is 0 Å². The summed E-state index contributed by atoms with van der Waals surface area (Å²) in [6, 6.07) is 0.516. The van der Waals surface area contributed by atoms with Crippen LogP contribution in [0.3, 0.4) is 0 Å². The molecule has 1 saturated carbocycles. The molecule has 0 aliphatic heterocycles. The molecule has 0 heterocycles. The Balaban J connectivity index is 1.94. The van der Waals surface area contributed by atoms with Gasteiger partial charge < -0.3 is 19.9 Å². The van der Waals surface area contributed by atoms with Crippen LogP contribution in [0.5, 0.6) is 0 Å². The molecule has 0 spiro atoms. The fourth-order valence-electron chi connectivity index (χ4n) is 1.85. The number of methoxy groups -OCH3 is 1. The summed E-state index contributed by atoms with van der Waals surface area (Å²) in [4.78, 5) is 0. The fourth-order valence-corrected chi connectivity index (χ4v) is 1.85. The summed E-state index contributed by atoms with van der Waals surface area (Å²) in [6.45, 7) is 4.32. The first-order valence-electron chi connectivity index (χ1n) is 6.22. The van der Waals surface area contributed by atoms with Crippen LogP contribution in [0, 0.1) is 5.92 Å². The molecule has 1 aliphatic rings. The topological polar surface area (TPSA) is 50.7 Å². The van der Waals surface area contributed by atoms with E-state index >= 15 is 0 Å². The number of aliphatic hydroxyl groups is 1. The molecule has 0 aromatic carbocycles. The highest BCUT2D eigenvalue weighted by molar-refractivity contribution is 4.80. The molecule has 1 aliphatic carbocycles. The third kappa shape index (κ3) is 5.25. The van der Waals surface area contributed by atoms with E-state index in [1.54, 1.807) is 7.11 Å². The van der Waals surface area contributed by atoms with Gasteiger partial charge in [-0.05, 0) is 25.7 Å². The van der Waals surface area contributed by atoms with Crippen molar-refractivity contribution in [2.75, 3.05) is 33.5 Å². The van der Waals surface area contributed by atoms with E-state index in [4.69, 9.17) is 9.47 Å². The second kappa shape index (κ2) is 8.01. The van der Waals surface area contributed by atoms with Crippen LogP contribution in [-0.2, 0) is 9.47 Å². The number of ether oxygens (including phenoxy) is 2. The quantitative estimate of drug-likeness (QED) is 0.576. The Morgan fingerprint density at radius 3 is 2.69 bits per heavy atom. The first-order valence-corrected chi connectivity index (χ1v) is 6.22. The Morgan fingerprint density at radius 1 is 1.38 bits per heavy atom. The van der Waals surface area contributed by atoms with Crippen molar-refractivity contribution in [3.63, 3.8) is 0 Å². The van der Waals surface area contributed by atoms with E-state index in [-0.39, 0.29) is 0 Å². The molecule has 2 N–H and O–H groups in total. The van der Waals surface area contributed by atoms with Crippen molar-refractivity contribution in [1.82, 2.24) is 5.32 Å². The summed E-state index contributed by atoms with van der Waals surface area (Å²) in [7, 11) is 1.64. The maximum atomic E-state index is 9.64. The van der Waals surface area contributed by atoms with Gasteiger partial charge in [0.15, 0.2) is 0 Å². The van der Waals surface area contributed by atoms with Crippen LogP contribution < -0.4 is 5.32 Å². The van der Waals surface area contributed by atoms with Crippen LogP contribution >= 0.6 is 0 Å². The maximum Gasteiger partial charge on any atom is 0.0897 e. The Labute approximate surface area is 98.3 Å². The first-order chi connectivity index (χ1) is 7.74. The monoisotopic (exact) mass is 231 g/mol. The zero-order valence-electron chi connectivity index (χ0n) is 10.4. The van der Waals surface area contributed by atoms with Crippen molar-refractivity contribution in [1.29, 1.82) is 0 Å². The summed E-state index contributed by atoms with van der Waals surface area (Å²) in [5.74, 6) is 0.807. The summed E-state index contributed by atoms with van der Waals surface area (Å²) < 4.78 is 10.1. The van der Waals surface area contributed by atoms with E-state index in [9.17, 15) is 5.11 Å². The van der Waals surface area contributed by atoms with Crippen molar-refractivity contribution >= 4 is 0 Å². The minimum atomic E-state index is -0.417. The molecule has 0 aromatic rings. The summed E-state index contributed by atoms with van der Waals surface area (Å²) >= 11 is 0. The lowest BCUT2D eigenvalue weighted by Crippen LogP contribution is -2.42. The Bertz CT molecular complexity index is 174. The molecule has 4 heteroatoms. The van der Waals surface area contributed by atoms with Crippen molar-refractivity contribution in [2.45, 2.75) is 38.3 Å². The summed E-state index contributed by atoms with van der Waals surface area (Å²) in [6.07, 6.45) is 3.60. The molecule has 2 unspecified atom stereocenters. The SMILES string of the molecule is COCCOCC(O)CNC(C)C1CCC1. The maximum absolute atomic E-state index is 9.64. The first kappa shape index (κ1) is 13.9. The molecule has 96 valence electrons. The minimum Gasteiger partial charge on any atom is -0.389 e. The largest absolute Gasteiger partial charge is 0.389 e.